The summed E-state index contributed by atoms with van der Waals surface area (Å²) in [6, 6.07) is 8.09. The highest BCUT2D eigenvalue weighted by molar-refractivity contribution is 6.30. The van der Waals surface area contributed by atoms with Crippen LogP contribution in [-0.2, 0) is 0 Å². The van der Waals surface area contributed by atoms with Gasteiger partial charge in [-0.1, -0.05) is 35.4 Å². The zero-order valence-electron chi connectivity index (χ0n) is 8.65. The Labute approximate surface area is 94.8 Å². The number of rotatable bonds is 1. The summed E-state index contributed by atoms with van der Waals surface area (Å²) < 4.78 is 0. The van der Waals surface area contributed by atoms with Gasteiger partial charge in [-0.3, -0.25) is 0 Å². The minimum absolute atomic E-state index is 0.516. The number of benzene rings is 1. The Morgan fingerprint density at radius 1 is 1.33 bits per heavy atom. The molecule has 1 aliphatic heterocycles. The molecule has 1 aromatic rings. The van der Waals surface area contributed by atoms with E-state index in [2.05, 4.69) is 0 Å². The van der Waals surface area contributed by atoms with E-state index in [0.29, 0.717) is 5.03 Å². The molecular formula is C12H14ClNO. The summed E-state index contributed by atoms with van der Waals surface area (Å²) in [6.45, 7) is 2.85. The molecule has 0 saturated heterocycles. The monoisotopic (exact) mass is 223 g/mol. The van der Waals surface area contributed by atoms with Crippen LogP contribution >= 0.6 is 11.6 Å². The molecule has 1 N–H and O–H groups in total. The molecule has 0 bridgehead atoms. The van der Waals surface area contributed by atoms with Gasteiger partial charge in [-0.2, -0.15) is 0 Å². The fourth-order valence-electron chi connectivity index (χ4n) is 1.72. The van der Waals surface area contributed by atoms with E-state index in [1.807, 2.05) is 42.2 Å². The van der Waals surface area contributed by atoms with E-state index >= 15 is 0 Å². The fraction of sp³-hybridized carbons (Fsp3) is 0.333. The topological polar surface area (TPSA) is 23.5 Å². The molecule has 1 heterocycles. The van der Waals surface area contributed by atoms with Crippen LogP contribution in [0.3, 0.4) is 0 Å². The van der Waals surface area contributed by atoms with E-state index in [9.17, 15) is 5.11 Å². The van der Waals surface area contributed by atoms with Crippen molar-refractivity contribution in [1.82, 2.24) is 0 Å². The van der Waals surface area contributed by atoms with Crippen LogP contribution in [0.2, 0.25) is 0 Å². The molecule has 0 aliphatic carbocycles. The van der Waals surface area contributed by atoms with Crippen molar-refractivity contribution in [2.24, 2.45) is 0 Å². The summed E-state index contributed by atoms with van der Waals surface area (Å²) in [5.41, 5.74) is 2.23. The van der Waals surface area contributed by atoms with Gasteiger partial charge in [0, 0.05) is 12.2 Å². The number of nitrogens with zero attached hydrogens (tertiary/aromatic N) is 1. The van der Waals surface area contributed by atoms with Gasteiger partial charge < -0.3 is 10.0 Å². The third-order valence-electron chi connectivity index (χ3n) is 2.62. The molecule has 1 aromatic carbocycles. The highest BCUT2D eigenvalue weighted by atomic mass is 35.5. The number of halogens is 1. The zero-order chi connectivity index (χ0) is 10.8. The van der Waals surface area contributed by atoms with Crippen LogP contribution in [0.5, 0.6) is 0 Å². The molecule has 1 unspecified atom stereocenters. The van der Waals surface area contributed by atoms with Crippen molar-refractivity contribution in [3.8, 4) is 0 Å². The Bertz CT molecular complexity index is 372. The molecule has 15 heavy (non-hydrogen) atoms. The van der Waals surface area contributed by atoms with E-state index in [0.717, 1.165) is 18.7 Å². The molecule has 0 radical (unpaired) electrons. The van der Waals surface area contributed by atoms with E-state index in [4.69, 9.17) is 11.6 Å². The van der Waals surface area contributed by atoms with E-state index in [1.54, 1.807) is 0 Å². The Balaban J connectivity index is 2.24. The van der Waals surface area contributed by atoms with Gasteiger partial charge in [-0.25, -0.2) is 0 Å². The molecule has 2 rings (SSSR count). The summed E-state index contributed by atoms with van der Waals surface area (Å²) in [6.07, 6.45) is 2.06. The summed E-state index contributed by atoms with van der Waals surface area (Å²) in [5.74, 6) is 0. The highest BCUT2D eigenvalue weighted by Crippen LogP contribution is 2.25. The largest absolute Gasteiger partial charge is 0.368 e. The molecule has 0 aromatic heterocycles. The lowest BCUT2D eigenvalue weighted by molar-refractivity contribution is 0.207. The van der Waals surface area contributed by atoms with E-state index < -0.39 is 6.23 Å². The van der Waals surface area contributed by atoms with Crippen molar-refractivity contribution in [1.29, 1.82) is 0 Å². The maximum absolute atomic E-state index is 9.89. The van der Waals surface area contributed by atoms with Crippen LogP contribution in [0, 0.1) is 6.92 Å². The third-order valence-corrected chi connectivity index (χ3v) is 2.97. The predicted octanol–water partition coefficient (Wildman–Crippen LogP) is 2.65. The van der Waals surface area contributed by atoms with Gasteiger partial charge in [0.25, 0.3) is 0 Å². The maximum atomic E-state index is 9.89. The number of aliphatic hydroxyl groups is 1. The molecule has 0 amide bonds. The van der Waals surface area contributed by atoms with Crippen LogP contribution in [0.25, 0.3) is 0 Å². The van der Waals surface area contributed by atoms with Crippen LogP contribution in [0.4, 0.5) is 5.69 Å². The van der Waals surface area contributed by atoms with Gasteiger partial charge in [0.15, 0.2) is 6.23 Å². The first-order valence-corrected chi connectivity index (χ1v) is 5.43. The molecule has 3 heteroatoms. The number of anilines is 1. The average molecular weight is 224 g/mol. The first-order valence-electron chi connectivity index (χ1n) is 5.05. The number of aryl methyl sites for hydroxylation is 1. The summed E-state index contributed by atoms with van der Waals surface area (Å²) in [5, 5.41) is 10.4. The first-order chi connectivity index (χ1) is 7.18. The molecule has 0 saturated carbocycles. The van der Waals surface area contributed by atoms with Crippen LogP contribution < -0.4 is 4.90 Å². The minimum Gasteiger partial charge on any atom is -0.368 e. The van der Waals surface area contributed by atoms with Crippen LogP contribution in [0.15, 0.2) is 35.4 Å². The number of hydrogen-bond acceptors (Lipinski definition) is 2. The predicted molar refractivity (Wildman–Crippen MR) is 63.1 cm³/mol. The van der Waals surface area contributed by atoms with Gasteiger partial charge in [0.05, 0.1) is 5.03 Å². The van der Waals surface area contributed by atoms with Gasteiger partial charge in [-0.05, 0) is 25.5 Å². The van der Waals surface area contributed by atoms with Crippen LogP contribution in [-0.4, -0.2) is 17.9 Å². The first kappa shape index (κ1) is 10.5. The van der Waals surface area contributed by atoms with Gasteiger partial charge in [0.1, 0.15) is 0 Å². The Morgan fingerprint density at radius 3 is 2.67 bits per heavy atom. The zero-order valence-corrected chi connectivity index (χ0v) is 9.41. The molecule has 2 nitrogen and oxygen atoms in total. The lowest BCUT2D eigenvalue weighted by Crippen LogP contribution is -2.38. The van der Waals surface area contributed by atoms with Gasteiger partial charge in [0.2, 0.25) is 0 Å². The summed E-state index contributed by atoms with van der Waals surface area (Å²) >= 11 is 5.91. The Morgan fingerprint density at radius 2 is 2.00 bits per heavy atom. The summed E-state index contributed by atoms with van der Waals surface area (Å²) in [4.78, 5) is 1.90. The lowest BCUT2D eigenvalue weighted by Gasteiger charge is -2.32. The van der Waals surface area contributed by atoms with Gasteiger partial charge >= 0.3 is 0 Å². The standard InChI is InChI=1S/C12H14ClNO/c1-9-4-6-10(7-5-9)14-8-2-3-11(13)12(14)15/h3-7,12,15H,2,8H2,1H3. The lowest BCUT2D eigenvalue weighted by atomic mass is 10.1. The smallest absolute Gasteiger partial charge is 0.163 e. The van der Waals surface area contributed by atoms with Crippen molar-refractivity contribution in [3.05, 3.63) is 40.9 Å². The molecule has 0 fully saturated rings. The minimum atomic E-state index is -0.692. The number of aliphatic hydroxyl groups excluding tert-OH is 1. The fourth-order valence-corrected chi connectivity index (χ4v) is 1.95. The summed E-state index contributed by atoms with van der Waals surface area (Å²) in [7, 11) is 0. The quantitative estimate of drug-likeness (QED) is 0.791. The SMILES string of the molecule is Cc1ccc(N2CCC=C(Cl)C2O)cc1. The Hall–Kier alpha value is -0.990. The second-order valence-electron chi connectivity index (χ2n) is 3.78. The number of hydrogen-bond donors (Lipinski definition) is 1. The second kappa shape index (κ2) is 4.25. The van der Waals surface area contributed by atoms with Crippen LogP contribution in [0.1, 0.15) is 12.0 Å². The molecule has 80 valence electrons. The average Bonchev–Trinajstić information content (AvgIpc) is 2.24. The molecule has 1 aliphatic rings. The van der Waals surface area contributed by atoms with Crippen molar-refractivity contribution >= 4 is 17.3 Å². The molecular weight excluding hydrogens is 210 g/mol. The van der Waals surface area contributed by atoms with E-state index in [-0.39, 0.29) is 0 Å². The Kier molecular flexibility index (Phi) is 2.98. The van der Waals surface area contributed by atoms with Gasteiger partial charge in [-0.15, -0.1) is 0 Å². The second-order valence-corrected chi connectivity index (χ2v) is 4.22. The van der Waals surface area contributed by atoms with E-state index in [1.165, 1.54) is 5.56 Å². The third kappa shape index (κ3) is 2.16. The highest BCUT2D eigenvalue weighted by Gasteiger charge is 2.21. The molecule has 1 atom stereocenters. The van der Waals surface area contributed by atoms with Crippen molar-refractivity contribution in [2.75, 3.05) is 11.4 Å². The van der Waals surface area contributed by atoms with Crippen molar-refractivity contribution < 1.29 is 5.11 Å². The normalized spacial score (nSPS) is 21.4. The van der Waals surface area contributed by atoms with Crippen molar-refractivity contribution in [2.45, 2.75) is 19.6 Å². The maximum Gasteiger partial charge on any atom is 0.163 e. The van der Waals surface area contributed by atoms with Crippen molar-refractivity contribution in [3.63, 3.8) is 0 Å². The molecule has 0 spiro atoms.